The van der Waals surface area contributed by atoms with Gasteiger partial charge in [-0.2, -0.15) is 0 Å². The molecule has 0 radical (unpaired) electrons. The lowest BCUT2D eigenvalue weighted by molar-refractivity contribution is 0.0571. The van der Waals surface area contributed by atoms with Crippen LogP contribution in [-0.4, -0.2) is 53.0 Å². The highest BCUT2D eigenvalue weighted by Crippen LogP contribution is 2.22. The molecule has 1 unspecified atom stereocenters. The lowest BCUT2D eigenvalue weighted by Crippen LogP contribution is -2.52. The van der Waals surface area contributed by atoms with Crippen LogP contribution in [0.5, 0.6) is 5.75 Å². The number of amides is 1. The predicted molar refractivity (Wildman–Crippen MR) is 133 cm³/mol. The molecule has 7 heteroatoms. The van der Waals surface area contributed by atoms with Crippen molar-refractivity contribution in [3.63, 3.8) is 0 Å². The molecule has 0 saturated carbocycles. The first kappa shape index (κ1) is 22.8. The molecule has 1 atom stereocenters. The summed E-state index contributed by atoms with van der Waals surface area (Å²) in [5.74, 6) is 6.18. The number of hydrogen-bond donors (Lipinski definition) is 2. The quantitative estimate of drug-likeness (QED) is 0.571. The average Bonchev–Trinajstić information content (AvgIpc) is 3.37. The molecule has 2 saturated heterocycles. The van der Waals surface area contributed by atoms with Crippen molar-refractivity contribution < 1.29 is 14.3 Å². The minimum Gasteiger partial charge on any atom is -0.502 e. The fourth-order valence-corrected chi connectivity index (χ4v) is 4.63. The van der Waals surface area contributed by atoms with Crippen molar-refractivity contribution in [1.82, 2.24) is 9.80 Å². The Balaban J connectivity index is 1.17. The maximum Gasteiger partial charge on any atom is 0.253 e. The Morgan fingerprint density at radius 3 is 2.46 bits per heavy atom. The Hall–Kier alpha value is -4.02. The topological polar surface area (TPSA) is 86.0 Å². The third-order valence-corrected chi connectivity index (χ3v) is 6.62. The smallest absolute Gasteiger partial charge is 0.253 e. The second-order valence-corrected chi connectivity index (χ2v) is 8.90. The minimum atomic E-state index is -0.469. The molecule has 0 spiro atoms. The molecule has 1 aromatic heterocycles. The van der Waals surface area contributed by atoms with Crippen LogP contribution in [0.25, 0.3) is 0 Å². The molecule has 2 fully saturated rings. The molecule has 0 bridgehead atoms. The van der Waals surface area contributed by atoms with Gasteiger partial charge in [-0.05, 0) is 67.9 Å². The molecule has 7 nitrogen and oxygen atoms in total. The van der Waals surface area contributed by atoms with Gasteiger partial charge in [0.25, 0.3) is 5.91 Å². The number of fused-ring (bicyclic) bond motifs is 1. The molecule has 1 amide bonds. The van der Waals surface area contributed by atoms with Crippen molar-refractivity contribution in [3.8, 4) is 17.6 Å². The molecule has 178 valence electrons. The summed E-state index contributed by atoms with van der Waals surface area (Å²) in [4.78, 5) is 28.9. The van der Waals surface area contributed by atoms with Crippen LogP contribution in [0, 0.1) is 11.8 Å². The van der Waals surface area contributed by atoms with E-state index in [1.54, 1.807) is 0 Å². The number of rotatable bonds is 4. The fraction of sp³-hybridized carbons (Fsp3) is 0.286. The van der Waals surface area contributed by atoms with E-state index in [9.17, 15) is 14.7 Å². The Morgan fingerprint density at radius 1 is 1.00 bits per heavy atom. The van der Waals surface area contributed by atoms with Crippen LogP contribution in [-0.2, 0) is 6.54 Å². The number of aromatic hydroxyl groups is 1. The monoisotopic (exact) mass is 469 g/mol. The molecule has 5 rings (SSSR count). The van der Waals surface area contributed by atoms with Crippen molar-refractivity contribution in [2.75, 3.05) is 31.5 Å². The summed E-state index contributed by atoms with van der Waals surface area (Å²) in [6, 6.07) is 16.7. The van der Waals surface area contributed by atoms with Gasteiger partial charge < -0.3 is 19.7 Å². The zero-order chi connectivity index (χ0) is 24.2. The van der Waals surface area contributed by atoms with Crippen molar-refractivity contribution in [2.24, 2.45) is 0 Å². The van der Waals surface area contributed by atoms with Crippen molar-refractivity contribution in [3.05, 3.63) is 93.5 Å². The van der Waals surface area contributed by atoms with Crippen molar-refractivity contribution >= 4 is 11.6 Å². The summed E-state index contributed by atoms with van der Waals surface area (Å²) in [5.41, 5.74) is 2.74. The van der Waals surface area contributed by atoms with E-state index in [2.05, 4.69) is 22.1 Å². The number of nitrogens with one attached hydrogen (secondary N) is 1. The molecule has 2 aliphatic heterocycles. The van der Waals surface area contributed by atoms with Gasteiger partial charge in [-0.1, -0.05) is 11.8 Å². The van der Waals surface area contributed by atoms with E-state index in [0.717, 1.165) is 43.0 Å². The summed E-state index contributed by atoms with van der Waals surface area (Å²) < 4.78 is 5.19. The van der Waals surface area contributed by atoms with E-state index in [4.69, 9.17) is 4.42 Å². The number of carbonyl (C=O) groups excluding carboxylic acids is 1. The van der Waals surface area contributed by atoms with E-state index in [1.807, 2.05) is 53.4 Å². The highest BCUT2D eigenvalue weighted by molar-refractivity contribution is 5.94. The van der Waals surface area contributed by atoms with E-state index in [-0.39, 0.29) is 24.0 Å². The molecular weight excluding hydrogens is 442 g/mol. The molecule has 2 N–H and O–H groups in total. The maximum atomic E-state index is 12.9. The standard InChI is InChI=1S/C28H27N3O4/c32-25-13-17-35-26(27(25)33)18-29-23-11-7-21(8-12-23)4-3-20-5-9-22(10-6-20)28(34)31-16-15-30-14-1-2-24(30)19-31/h5-13,17,24,29,33H,1-2,14-16,18-19H2. The Bertz CT molecular complexity index is 1320. The van der Waals surface area contributed by atoms with Crippen molar-refractivity contribution in [1.29, 1.82) is 0 Å². The highest BCUT2D eigenvalue weighted by atomic mass is 16.4. The molecule has 3 heterocycles. The summed E-state index contributed by atoms with van der Waals surface area (Å²) in [6.07, 6.45) is 3.68. The maximum absolute atomic E-state index is 12.9. The normalized spacial score (nSPS) is 17.4. The fourth-order valence-electron chi connectivity index (χ4n) is 4.63. The number of nitrogens with zero attached hydrogens (tertiary/aromatic N) is 2. The van der Waals surface area contributed by atoms with Gasteiger partial charge in [0, 0.05) is 54.1 Å². The summed E-state index contributed by atoms with van der Waals surface area (Å²) in [5, 5.41) is 12.9. The summed E-state index contributed by atoms with van der Waals surface area (Å²) >= 11 is 0. The molecule has 0 aliphatic carbocycles. The lowest BCUT2D eigenvalue weighted by atomic mass is 10.1. The van der Waals surface area contributed by atoms with E-state index in [1.165, 1.54) is 25.2 Å². The molecule has 35 heavy (non-hydrogen) atoms. The lowest BCUT2D eigenvalue weighted by Gasteiger charge is -2.37. The van der Waals surface area contributed by atoms with E-state index < -0.39 is 5.43 Å². The molecule has 2 aromatic carbocycles. The molecular formula is C28H27N3O4. The van der Waals surface area contributed by atoms with Gasteiger partial charge in [0.2, 0.25) is 11.2 Å². The number of anilines is 1. The Kier molecular flexibility index (Phi) is 6.55. The summed E-state index contributed by atoms with van der Waals surface area (Å²) in [6.45, 7) is 3.94. The minimum absolute atomic E-state index is 0.0993. The van der Waals surface area contributed by atoms with Crippen LogP contribution >= 0.6 is 0 Å². The Labute approximate surface area is 204 Å². The number of carbonyl (C=O) groups is 1. The van der Waals surface area contributed by atoms with Gasteiger partial charge in [0.15, 0.2) is 5.76 Å². The van der Waals surface area contributed by atoms with Crippen LogP contribution in [0.1, 0.15) is 40.1 Å². The zero-order valence-corrected chi connectivity index (χ0v) is 19.4. The van der Waals surface area contributed by atoms with Crippen LogP contribution in [0.4, 0.5) is 5.69 Å². The predicted octanol–water partition coefficient (Wildman–Crippen LogP) is 3.28. The van der Waals surface area contributed by atoms with E-state index >= 15 is 0 Å². The average molecular weight is 470 g/mol. The van der Waals surface area contributed by atoms with Gasteiger partial charge in [0.05, 0.1) is 12.8 Å². The third-order valence-electron chi connectivity index (χ3n) is 6.62. The second-order valence-electron chi connectivity index (χ2n) is 8.90. The Morgan fingerprint density at radius 2 is 1.71 bits per heavy atom. The summed E-state index contributed by atoms with van der Waals surface area (Å²) in [7, 11) is 0. The second kappa shape index (κ2) is 10.1. The van der Waals surface area contributed by atoms with E-state index in [0.29, 0.717) is 11.6 Å². The van der Waals surface area contributed by atoms with Crippen LogP contribution in [0.15, 0.2) is 70.1 Å². The van der Waals surface area contributed by atoms with Gasteiger partial charge in [-0.15, -0.1) is 0 Å². The third kappa shape index (κ3) is 5.23. The molecule has 2 aliphatic rings. The van der Waals surface area contributed by atoms with Crippen LogP contribution < -0.4 is 10.7 Å². The van der Waals surface area contributed by atoms with Gasteiger partial charge in [0.1, 0.15) is 0 Å². The van der Waals surface area contributed by atoms with Crippen molar-refractivity contribution in [2.45, 2.75) is 25.4 Å². The number of piperazine rings is 1. The number of benzene rings is 2. The first-order valence-electron chi connectivity index (χ1n) is 11.9. The van der Waals surface area contributed by atoms with Crippen LogP contribution in [0.3, 0.4) is 0 Å². The van der Waals surface area contributed by atoms with Crippen LogP contribution in [0.2, 0.25) is 0 Å². The highest BCUT2D eigenvalue weighted by Gasteiger charge is 2.32. The van der Waals surface area contributed by atoms with Gasteiger partial charge in [-0.3, -0.25) is 14.5 Å². The van der Waals surface area contributed by atoms with Gasteiger partial charge in [-0.25, -0.2) is 0 Å². The first-order chi connectivity index (χ1) is 17.1. The largest absolute Gasteiger partial charge is 0.502 e. The number of hydrogen-bond acceptors (Lipinski definition) is 6. The van der Waals surface area contributed by atoms with Gasteiger partial charge >= 0.3 is 0 Å². The molecule has 3 aromatic rings. The zero-order valence-electron chi connectivity index (χ0n) is 19.4. The SMILES string of the molecule is O=C(c1ccc(C#Cc2ccc(NCc3occc(=O)c3O)cc2)cc1)N1CCN2CCCC2C1. The first-order valence-corrected chi connectivity index (χ1v) is 11.9.